The predicted octanol–water partition coefficient (Wildman–Crippen LogP) is 0.296. The summed E-state index contributed by atoms with van der Waals surface area (Å²) in [5.41, 5.74) is 0.291. The van der Waals surface area contributed by atoms with Crippen molar-refractivity contribution in [2.75, 3.05) is 13.4 Å². The molecule has 0 heterocycles. The van der Waals surface area contributed by atoms with Gasteiger partial charge in [-0.2, -0.15) is 0 Å². The molecular formula is C10H12O5S. The SMILES string of the molecule is COC(=O)C(O)c1ccc(S(C)(=O)=O)cc1. The Morgan fingerprint density at radius 1 is 1.31 bits per heavy atom. The van der Waals surface area contributed by atoms with E-state index in [0.29, 0.717) is 5.56 Å². The van der Waals surface area contributed by atoms with Crippen LogP contribution in [0, 0.1) is 0 Å². The molecule has 0 bridgehead atoms. The van der Waals surface area contributed by atoms with Crippen molar-refractivity contribution in [1.82, 2.24) is 0 Å². The molecule has 0 aliphatic heterocycles. The Morgan fingerprint density at radius 2 is 1.81 bits per heavy atom. The van der Waals surface area contributed by atoms with Crippen LogP contribution in [0.3, 0.4) is 0 Å². The molecule has 1 aromatic carbocycles. The zero-order valence-electron chi connectivity index (χ0n) is 8.88. The Kier molecular flexibility index (Phi) is 3.66. The topological polar surface area (TPSA) is 80.7 Å². The standard InChI is InChI=1S/C10H12O5S/c1-15-10(12)9(11)7-3-5-8(6-4-7)16(2,13)14/h3-6,9,11H,1-2H3. The summed E-state index contributed by atoms with van der Waals surface area (Å²) < 4.78 is 26.7. The van der Waals surface area contributed by atoms with E-state index in [1.54, 1.807) is 0 Å². The molecule has 0 amide bonds. The highest BCUT2D eigenvalue weighted by atomic mass is 32.2. The Morgan fingerprint density at radius 3 is 2.19 bits per heavy atom. The monoisotopic (exact) mass is 244 g/mol. The van der Waals surface area contributed by atoms with Crippen LogP contribution in [-0.2, 0) is 19.4 Å². The van der Waals surface area contributed by atoms with Crippen LogP contribution in [0.5, 0.6) is 0 Å². The quantitative estimate of drug-likeness (QED) is 0.773. The molecule has 88 valence electrons. The van der Waals surface area contributed by atoms with Crippen molar-refractivity contribution in [3.63, 3.8) is 0 Å². The first-order valence-electron chi connectivity index (χ1n) is 4.42. The first kappa shape index (κ1) is 12.7. The number of hydrogen-bond donors (Lipinski definition) is 1. The fourth-order valence-corrected chi connectivity index (χ4v) is 1.78. The van der Waals surface area contributed by atoms with E-state index in [9.17, 15) is 18.3 Å². The third-order valence-corrected chi connectivity index (χ3v) is 3.18. The highest BCUT2D eigenvalue weighted by Crippen LogP contribution is 2.17. The summed E-state index contributed by atoms with van der Waals surface area (Å²) in [5, 5.41) is 9.46. The number of carbonyl (C=O) groups excluding carboxylic acids is 1. The van der Waals surface area contributed by atoms with Gasteiger partial charge in [0.05, 0.1) is 12.0 Å². The fourth-order valence-electron chi connectivity index (χ4n) is 1.15. The summed E-state index contributed by atoms with van der Waals surface area (Å²) >= 11 is 0. The molecule has 1 unspecified atom stereocenters. The van der Waals surface area contributed by atoms with Gasteiger partial charge in [-0.15, -0.1) is 0 Å². The number of methoxy groups -OCH3 is 1. The minimum Gasteiger partial charge on any atom is -0.467 e. The average Bonchev–Trinajstić information content (AvgIpc) is 2.26. The van der Waals surface area contributed by atoms with Crippen molar-refractivity contribution < 1.29 is 23.1 Å². The summed E-state index contributed by atoms with van der Waals surface area (Å²) in [7, 11) is -2.11. The third-order valence-electron chi connectivity index (χ3n) is 2.05. The summed E-state index contributed by atoms with van der Waals surface area (Å²) in [6.45, 7) is 0. The van der Waals surface area contributed by atoms with E-state index in [2.05, 4.69) is 4.74 Å². The van der Waals surface area contributed by atoms with Crippen LogP contribution in [0.15, 0.2) is 29.2 Å². The second-order valence-electron chi connectivity index (χ2n) is 3.27. The van der Waals surface area contributed by atoms with Gasteiger partial charge in [-0.25, -0.2) is 13.2 Å². The first-order valence-corrected chi connectivity index (χ1v) is 6.31. The molecule has 0 aromatic heterocycles. The van der Waals surface area contributed by atoms with Crippen LogP contribution in [0.4, 0.5) is 0 Å². The largest absolute Gasteiger partial charge is 0.467 e. The number of esters is 1. The van der Waals surface area contributed by atoms with Gasteiger partial charge in [0.15, 0.2) is 15.9 Å². The van der Waals surface area contributed by atoms with Crippen molar-refractivity contribution in [3.8, 4) is 0 Å². The molecule has 5 nitrogen and oxygen atoms in total. The van der Waals surface area contributed by atoms with Crippen molar-refractivity contribution in [1.29, 1.82) is 0 Å². The molecule has 6 heteroatoms. The van der Waals surface area contributed by atoms with Gasteiger partial charge in [0.1, 0.15) is 0 Å². The lowest BCUT2D eigenvalue weighted by Crippen LogP contribution is -2.13. The number of hydrogen-bond acceptors (Lipinski definition) is 5. The molecule has 1 N–H and O–H groups in total. The van der Waals surface area contributed by atoms with Gasteiger partial charge in [-0.3, -0.25) is 0 Å². The van der Waals surface area contributed by atoms with E-state index in [0.717, 1.165) is 13.4 Å². The van der Waals surface area contributed by atoms with Gasteiger partial charge in [0.25, 0.3) is 0 Å². The first-order chi connectivity index (χ1) is 7.36. The molecule has 0 radical (unpaired) electrons. The zero-order valence-corrected chi connectivity index (χ0v) is 9.69. The van der Waals surface area contributed by atoms with Crippen LogP contribution in [-0.4, -0.2) is 32.9 Å². The Balaban J connectivity index is 3.00. The van der Waals surface area contributed by atoms with Crippen LogP contribution in [0.2, 0.25) is 0 Å². The minimum absolute atomic E-state index is 0.133. The van der Waals surface area contributed by atoms with Gasteiger partial charge >= 0.3 is 5.97 Å². The summed E-state index contributed by atoms with van der Waals surface area (Å²) in [4.78, 5) is 11.1. The maximum absolute atomic E-state index is 11.1. The van der Waals surface area contributed by atoms with Crippen LogP contribution < -0.4 is 0 Å². The lowest BCUT2D eigenvalue weighted by molar-refractivity contribution is -0.150. The van der Waals surface area contributed by atoms with Crippen LogP contribution in [0.25, 0.3) is 0 Å². The average molecular weight is 244 g/mol. The van der Waals surface area contributed by atoms with E-state index in [4.69, 9.17) is 0 Å². The molecule has 1 atom stereocenters. The molecule has 1 aromatic rings. The number of aliphatic hydroxyl groups excluding tert-OH is 1. The van der Waals surface area contributed by atoms with Crippen LogP contribution >= 0.6 is 0 Å². The number of aliphatic hydroxyl groups is 1. The molecule has 0 fully saturated rings. The molecular weight excluding hydrogens is 232 g/mol. The van der Waals surface area contributed by atoms with Gasteiger partial charge in [0.2, 0.25) is 0 Å². The third kappa shape index (κ3) is 2.80. The second kappa shape index (κ2) is 4.63. The molecule has 0 saturated carbocycles. The maximum Gasteiger partial charge on any atom is 0.339 e. The predicted molar refractivity (Wildman–Crippen MR) is 56.5 cm³/mol. The molecule has 0 saturated heterocycles. The second-order valence-corrected chi connectivity index (χ2v) is 5.28. The lowest BCUT2D eigenvalue weighted by Gasteiger charge is -2.08. The highest BCUT2D eigenvalue weighted by molar-refractivity contribution is 7.90. The number of sulfone groups is 1. The Labute approximate surface area is 93.6 Å². The normalized spacial score (nSPS) is 13.2. The fraction of sp³-hybridized carbons (Fsp3) is 0.300. The van der Waals surface area contributed by atoms with E-state index in [1.165, 1.54) is 24.3 Å². The molecule has 0 aliphatic carbocycles. The van der Waals surface area contributed by atoms with Crippen molar-refractivity contribution in [2.45, 2.75) is 11.0 Å². The van der Waals surface area contributed by atoms with Crippen molar-refractivity contribution in [3.05, 3.63) is 29.8 Å². The van der Waals surface area contributed by atoms with Gasteiger partial charge in [0, 0.05) is 6.26 Å². The van der Waals surface area contributed by atoms with Gasteiger partial charge in [-0.1, -0.05) is 12.1 Å². The summed E-state index contributed by atoms with van der Waals surface area (Å²) in [6.07, 6.45) is -0.308. The van der Waals surface area contributed by atoms with E-state index in [-0.39, 0.29) is 4.90 Å². The number of carbonyl (C=O) groups is 1. The Hall–Kier alpha value is -1.40. The molecule has 0 spiro atoms. The molecule has 16 heavy (non-hydrogen) atoms. The Bertz CT molecular complexity index is 474. The smallest absolute Gasteiger partial charge is 0.339 e. The molecule has 1 rings (SSSR count). The summed E-state index contributed by atoms with van der Waals surface area (Å²) in [6, 6.07) is 5.41. The minimum atomic E-state index is -3.27. The van der Waals surface area contributed by atoms with Crippen LogP contribution in [0.1, 0.15) is 11.7 Å². The van der Waals surface area contributed by atoms with Crippen molar-refractivity contribution in [2.24, 2.45) is 0 Å². The van der Waals surface area contributed by atoms with Gasteiger partial charge < -0.3 is 9.84 Å². The molecule has 0 aliphatic rings. The van der Waals surface area contributed by atoms with E-state index < -0.39 is 21.9 Å². The lowest BCUT2D eigenvalue weighted by atomic mass is 10.1. The number of benzene rings is 1. The maximum atomic E-state index is 11.1. The van der Waals surface area contributed by atoms with E-state index >= 15 is 0 Å². The highest BCUT2D eigenvalue weighted by Gasteiger charge is 2.18. The van der Waals surface area contributed by atoms with Crippen molar-refractivity contribution >= 4 is 15.8 Å². The zero-order chi connectivity index (χ0) is 12.3. The summed E-state index contributed by atoms with van der Waals surface area (Å²) in [5.74, 6) is -0.785. The van der Waals surface area contributed by atoms with E-state index in [1.807, 2.05) is 0 Å². The van der Waals surface area contributed by atoms with Gasteiger partial charge in [-0.05, 0) is 17.7 Å². The number of ether oxygens (including phenoxy) is 1. The number of rotatable bonds is 3.